The normalized spacial score (nSPS) is 14.9. The van der Waals surface area contributed by atoms with Crippen LogP contribution in [0.1, 0.15) is 28.7 Å². The van der Waals surface area contributed by atoms with Gasteiger partial charge in [-0.2, -0.15) is 5.10 Å². The van der Waals surface area contributed by atoms with Crippen molar-refractivity contribution in [3.8, 4) is 0 Å². The summed E-state index contributed by atoms with van der Waals surface area (Å²) in [6.07, 6.45) is 0.857. The number of ether oxygens (including phenoxy) is 1. The molecule has 2 aromatic heterocycles. The number of benzene rings is 1. The van der Waals surface area contributed by atoms with E-state index in [0.717, 1.165) is 35.9 Å². The van der Waals surface area contributed by atoms with Crippen molar-refractivity contribution in [2.75, 3.05) is 18.6 Å². The molecule has 7 nitrogen and oxygen atoms in total. The summed E-state index contributed by atoms with van der Waals surface area (Å²) in [5.41, 5.74) is 3.44. The summed E-state index contributed by atoms with van der Waals surface area (Å²) in [5, 5.41) is 15.2. The Kier molecular flexibility index (Phi) is 4.64. The highest BCUT2D eigenvalue weighted by Gasteiger charge is 2.22. The molecule has 134 valence electrons. The van der Waals surface area contributed by atoms with Gasteiger partial charge in [0, 0.05) is 19.7 Å². The molecule has 0 fully saturated rings. The molecule has 0 radical (unpaired) electrons. The third kappa shape index (κ3) is 3.31. The van der Waals surface area contributed by atoms with Crippen LogP contribution in [0.15, 0.2) is 48.8 Å². The minimum atomic E-state index is -0.713. The molecule has 0 bridgehead atoms. The number of hydrogen-bond donors (Lipinski definition) is 1. The Morgan fingerprint density at radius 1 is 1.15 bits per heavy atom. The molecule has 0 saturated carbocycles. The second-order valence-electron chi connectivity index (χ2n) is 6.32. The van der Waals surface area contributed by atoms with Crippen LogP contribution in [0.5, 0.6) is 0 Å². The van der Waals surface area contributed by atoms with Crippen molar-refractivity contribution in [3.63, 3.8) is 0 Å². The van der Waals surface area contributed by atoms with E-state index in [9.17, 15) is 5.11 Å². The lowest BCUT2D eigenvalue weighted by Crippen LogP contribution is -2.34. The van der Waals surface area contributed by atoms with E-state index in [1.165, 1.54) is 0 Å². The minimum Gasteiger partial charge on any atom is -0.382 e. The fraction of sp³-hybridized carbons (Fsp3) is 0.316. The molecule has 26 heavy (non-hydrogen) atoms. The fourth-order valence-corrected chi connectivity index (χ4v) is 3.21. The number of rotatable bonds is 5. The molecule has 1 aliphatic rings. The molecule has 0 unspecified atom stereocenters. The van der Waals surface area contributed by atoms with Gasteiger partial charge < -0.3 is 14.7 Å². The first kappa shape index (κ1) is 16.7. The van der Waals surface area contributed by atoms with Crippen molar-refractivity contribution in [2.45, 2.75) is 25.8 Å². The van der Waals surface area contributed by atoms with Crippen LogP contribution in [0.3, 0.4) is 0 Å². The van der Waals surface area contributed by atoms with Crippen LogP contribution < -0.4 is 4.90 Å². The van der Waals surface area contributed by atoms with E-state index in [-0.39, 0.29) is 0 Å². The van der Waals surface area contributed by atoms with E-state index in [1.54, 1.807) is 13.4 Å². The molecule has 0 amide bonds. The topological polar surface area (TPSA) is 76.3 Å². The van der Waals surface area contributed by atoms with Gasteiger partial charge in [0.2, 0.25) is 0 Å². The summed E-state index contributed by atoms with van der Waals surface area (Å²) in [7, 11) is 1.65. The molecule has 1 N–H and O–H groups in total. The van der Waals surface area contributed by atoms with E-state index in [0.29, 0.717) is 18.8 Å². The summed E-state index contributed by atoms with van der Waals surface area (Å²) < 4.78 is 7.12. The van der Waals surface area contributed by atoms with Gasteiger partial charge in [-0.3, -0.25) is 4.68 Å². The van der Waals surface area contributed by atoms with Gasteiger partial charge in [-0.1, -0.05) is 30.3 Å². The zero-order valence-electron chi connectivity index (χ0n) is 14.6. The molecule has 1 aromatic carbocycles. The van der Waals surface area contributed by atoms with Crippen LogP contribution >= 0.6 is 0 Å². The standard InChI is InChI=1S/C19H21N5O2/c1-26-12-15-9-18(21-13-20-15)23-7-8-24-16(11-23)10-17(22-24)19(25)14-5-3-2-4-6-14/h2-6,9-10,13,19,25H,7-8,11-12H2,1H3/t19-/m0/s1. The molecule has 3 heterocycles. The van der Waals surface area contributed by atoms with Crippen LogP contribution in [0, 0.1) is 0 Å². The molecular weight excluding hydrogens is 330 g/mol. The molecule has 3 aromatic rings. The van der Waals surface area contributed by atoms with Crippen molar-refractivity contribution in [1.82, 2.24) is 19.7 Å². The fourth-order valence-electron chi connectivity index (χ4n) is 3.21. The summed E-state index contributed by atoms with van der Waals surface area (Å²) in [6, 6.07) is 13.5. The summed E-state index contributed by atoms with van der Waals surface area (Å²) in [4.78, 5) is 10.8. The highest BCUT2D eigenvalue weighted by Crippen LogP contribution is 2.25. The van der Waals surface area contributed by atoms with Crippen LogP contribution in [0.2, 0.25) is 0 Å². The summed E-state index contributed by atoms with van der Waals surface area (Å²) in [5.74, 6) is 0.879. The minimum absolute atomic E-state index is 0.467. The van der Waals surface area contributed by atoms with Gasteiger partial charge in [-0.15, -0.1) is 0 Å². The zero-order chi connectivity index (χ0) is 17.9. The number of anilines is 1. The molecular formula is C19H21N5O2. The van der Waals surface area contributed by atoms with Gasteiger partial charge >= 0.3 is 0 Å². The average molecular weight is 351 g/mol. The summed E-state index contributed by atoms with van der Waals surface area (Å²) >= 11 is 0. The number of hydrogen-bond acceptors (Lipinski definition) is 6. The third-order valence-electron chi connectivity index (χ3n) is 4.54. The van der Waals surface area contributed by atoms with E-state index < -0.39 is 6.10 Å². The number of nitrogens with zero attached hydrogens (tertiary/aromatic N) is 5. The molecule has 1 atom stereocenters. The Morgan fingerprint density at radius 2 is 2.00 bits per heavy atom. The number of aliphatic hydroxyl groups is 1. The second kappa shape index (κ2) is 7.23. The van der Waals surface area contributed by atoms with Crippen molar-refractivity contribution >= 4 is 5.82 Å². The zero-order valence-corrected chi connectivity index (χ0v) is 14.6. The molecule has 1 aliphatic heterocycles. The number of aliphatic hydroxyl groups excluding tert-OH is 1. The van der Waals surface area contributed by atoms with Gasteiger partial charge in [0.1, 0.15) is 18.2 Å². The lowest BCUT2D eigenvalue weighted by molar-refractivity contribution is 0.181. The predicted octanol–water partition coefficient (Wildman–Crippen LogP) is 1.92. The lowest BCUT2D eigenvalue weighted by Gasteiger charge is -2.28. The van der Waals surface area contributed by atoms with E-state index in [4.69, 9.17) is 4.74 Å². The smallest absolute Gasteiger partial charge is 0.132 e. The molecule has 0 aliphatic carbocycles. The number of fused-ring (bicyclic) bond motifs is 1. The van der Waals surface area contributed by atoms with Gasteiger partial charge in [0.05, 0.1) is 36.8 Å². The maximum absolute atomic E-state index is 10.6. The van der Waals surface area contributed by atoms with Crippen LogP contribution in [-0.2, 0) is 24.4 Å². The molecule has 0 saturated heterocycles. The van der Waals surface area contributed by atoms with Crippen molar-refractivity contribution in [2.24, 2.45) is 0 Å². The van der Waals surface area contributed by atoms with Gasteiger partial charge in [-0.25, -0.2) is 9.97 Å². The Labute approximate surface area is 151 Å². The maximum Gasteiger partial charge on any atom is 0.132 e. The molecule has 0 spiro atoms. The monoisotopic (exact) mass is 351 g/mol. The summed E-state index contributed by atoms with van der Waals surface area (Å²) in [6.45, 7) is 2.71. The average Bonchev–Trinajstić information content (AvgIpc) is 3.12. The number of aromatic nitrogens is 4. The highest BCUT2D eigenvalue weighted by molar-refractivity contribution is 5.40. The van der Waals surface area contributed by atoms with Crippen LogP contribution in [-0.4, -0.2) is 38.5 Å². The Balaban J connectivity index is 1.54. The third-order valence-corrected chi connectivity index (χ3v) is 4.54. The van der Waals surface area contributed by atoms with Crippen LogP contribution in [0.25, 0.3) is 0 Å². The quantitative estimate of drug-likeness (QED) is 0.757. The van der Waals surface area contributed by atoms with Crippen LogP contribution in [0.4, 0.5) is 5.82 Å². The van der Waals surface area contributed by atoms with E-state index in [1.807, 2.05) is 47.1 Å². The lowest BCUT2D eigenvalue weighted by atomic mass is 10.1. The largest absolute Gasteiger partial charge is 0.382 e. The molecule has 4 rings (SSSR count). The van der Waals surface area contributed by atoms with Gasteiger partial charge in [0.15, 0.2) is 0 Å². The van der Waals surface area contributed by atoms with Crippen molar-refractivity contribution in [1.29, 1.82) is 0 Å². The number of methoxy groups -OCH3 is 1. The maximum atomic E-state index is 10.6. The van der Waals surface area contributed by atoms with E-state index in [2.05, 4.69) is 20.0 Å². The van der Waals surface area contributed by atoms with Crippen molar-refractivity contribution < 1.29 is 9.84 Å². The SMILES string of the molecule is COCc1cc(N2CCn3nc([C@@H](O)c4ccccc4)cc3C2)ncn1. The Hall–Kier alpha value is -2.77. The first-order valence-electron chi connectivity index (χ1n) is 8.59. The first-order chi connectivity index (χ1) is 12.7. The first-order valence-corrected chi connectivity index (χ1v) is 8.59. The predicted molar refractivity (Wildman–Crippen MR) is 96.5 cm³/mol. The second-order valence-corrected chi connectivity index (χ2v) is 6.32. The Morgan fingerprint density at radius 3 is 2.81 bits per heavy atom. The molecule has 7 heteroatoms. The van der Waals surface area contributed by atoms with E-state index >= 15 is 0 Å². The van der Waals surface area contributed by atoms with Gasteiger partial charge in [0.25, 0.3) is 0 Å². The highest BCUT2D eigenvalue weighted by atomic mass is 16.5. The Bertz CT molecular complexity index is 881. The van der Waals surface area contributed by atoms with Gasteiger partial charge in [-0.05, 0) is 11.6 Å². The van der Waals surface area contributed by atoms with Crippen molar-refractivity contribution in [3.05, 3.63) is 71.4 Å².